The summed E-state index contributed by atoms with van der Waals surface area (Å²) >= 11 is 6.00. The minimum Gasteiger partial charge on any atom is -0.284 e. The standard InChI is InChI=1S/C22H19ClFN3O4S2/c1-32(28,29)26-19-10-8-15(9-11-19)21-14-22(16-4-2-6-18(24)12-16)27(25-21)33(30,31)20-7-3-5-17(23)13-20/h2-13,22,26H,14H2,1H3. The molecule has 7 nitrogen and oxygen atoms in total. The first-order valence-corrected chi connectivity index (χ1v) is 13.4. The van der Waals surface area contributed by atoms with Crippen molar-refractivity contribution in [1.82, 2.24) is 4.41 Å². The fraction of sp³-hybridized carbons (Fsp3) is 0.136. The van der Waals surface area contributed by atoms with E-state index in [1.165, 1.54) is 36.4 Å². The van der Waals surface area contributed by atoms with Crippen molar-refractivity contribution < 1.29 is 21.2 Å². The van der Waals surface area contributed by atoms with Crippen molar-refractivity contribution in [2.24, 2.45) is 5.10 Å². The zero-order chi connectivity index (χ0) is 23.8. The second-order valence-electron chi connectivity index (χ2n) is 7.51. The van der Waals surface area contributed by atoms with Crippen LogP contribution in [0, 0.1) is 5.82 Å². The molecule has 1 N–H and O–H groups in total. The van der Waals surface area contributed by atoms with Gasteiger partial charge in [-0.25, -0.2) is 12.8 Å². The zero-order valence-corrected chi connectivity index (χ0v) is 19.7. The van der Waals surface area contributed by atoms with Gasteiger partial charge in [0.25, 0.3) is 10.0 Å². The molecule has 0 aromatic heterocycles. The molecule has 0 fully saturated rings. The minimum absolute atomic E-state index is 0.0332. The van der Waals surface area contributed by atoms with Crippen LogP contribution < -0.4 is 4.72 Å². The molecule has 1 atom stereocenters. The molecule has 0 radical (unpaired) electrons. The van der Waals surface area contributed by atoms with Crippen molar-refractivity contribution >= 4 is 43.0 Å². The van der Waals surface area contributed by atoms with Crippen LogP contribution in [0.5, 0.6) is 0 Å². The minimum atomic E-state index is -4.10. The van der Waals surface area contributed by atoms with Gasteiger partial charge < -0.3 is 0 Å². The molecule has 0 amide bonds. The summed E-state index contributed by atoms with van der Waals surface area (Å²) in [5.41, 5.74) is 1.89. The average Bonchev–Trinajstić information content (AvgIpc) is 3.20. The van der Waals surface area contributed by atoms with Crippen LogP contribution in [0.4, 0.5) is 10.1 Å². The number of sulfonamides is 2. The van der Waals surface area contributed by atoms with Crippen LogP contribution in [0.2, 0.25) is 5.02 Å². The summed E-state index contributed by atoms with van der Waals surface area (Å²) in [6, 6.07) is 17.2. The van der Waals surface area contributed by atoms with E-state index >= 15 is 0 Å². The maximum absolute atomic E-state index is 13.9. The number of hydrogen-bond acceptors (Lipinski definition) is 5. The number of benzene rings is 3. The molecule has 33 heavy (non-hydrogen) atoms. The van der Waals surface area contributed by atoms with E-state index in [-0.39, 0.29) is 16.3 Å². The van der Waals surface area contributed by atoms with Crippen LogP contribution in [-0.2, 0) is 20.0 Å². The number of nitrogens with one attached hydrogen (secondary N) is 1. The van der Waals surface area contributed by atoms with E-state index in [0.717, 1.165) is 10.7 Å². The quantitative estimate of drug-likeness (QED) is 0.535. The third-order valence-corrected chi connectivity index (χ3v) is 7.49. The first kappa shape index (κ1) is 23.2. The number of hydrazone groups is 1. The molecular weight excluding hydrogens is 489 g/mol. The summed E-state index contributed by atoms with van der Waals surface area (Å²) in [6.45, 7) is 0. The highest BCUT2D eigenvalue weighted by Crippen LogP contribution is 2.37. The fourth-order valence-corrected chi connectivity index (χ4v) is 5.83. The highest BCUT2D eigenvalue weighted by Gasteiger charge is 2.38. The van der Waals surface area contributed by atoms with Gasteiger partial charge in [0, 0.05) is 17.1 Å². The van der Waals surface area contributed by atoms with E-state index < -0.39 is 31.9 Å². The lowest BCUT2D eigenvalue weighted by Crippen LogP contribution is -2.27. The van der Waals surface area contributed by atoms with Crippen molar-refractivity contribution in [3.8, 4) is 0 Å². The molecule has 0 bridgehead atoms. The Morgan fingerprint density at radius 1 is 1.00 bits per heavy atom. The van der Waals surface area contributed by atoms with Crippen LogP contribution in [0.15, 0.2) is 82.8 Å². The topological polar surface area (TPSA) is 95.9 Å². The lowest BCUT2D eigenvalue weighted by molar-refractivity contribution is 0.370. The number of anilines is 1. The molecule has 0 spiro atoms. The molecule has 0 aliphatic carbocycles. The van der Waals surface area contributed by atoms with Gasteiger partial charge in [-0.05, 0) is 53.6 Å². The monoisotopic (exact) mass is 507 g/mol. The van der Waals surface area contributed by atoms with Crippen LogP contribution in [-0.4, -0.2) is 33.2 Å². The zero-order valence-electron chi connectivity index (χ0n) is 17.3. The fourth-order valence-electron chi connectivity index (χ4n) is 3.53. The van der Waals surface area contributed by atoms with Crippen molar-refractivity contribution in [3.63, 3.8) is 0 Å². The van der Waals surface area contributed by atoms with Crippen molar-refractivity contribution in [3.05, 3.63) is 94.8 Å². The second-order valence-corrected chi connectivity index (χ2v) is 11.5. The molecule has 3 aromatic carbocycles. The predicted octanol–water partition coefficient (Wildman–Crippen LogP) is 4.39. The lowest BCUT2D eigenvalue weighted by Gasteiger charge is -2.23. The molecule has 1 heterocycles. The Morgan fingerprint density at radius 3 is 2.33 bits per heavy atom. The number of nitrogens with zero attached hydrogens (tertiary/aromatic N) is 2. The van der Waals surface area contributed by atoms with Crippen LogP contribution in [0.3, 0.4) is 0 Å². The van der Waals surface area contributed by atoms with Gasteiger partial charge >= 0.3 is 0 Å². The van der Waals surface area contributed by atoms with Gasteiger partial charge in [0.1, 0.15) is 5.82 Å². The Balaban J connectivity index is 1.75. The van der Waals surface area contributed by atoms with Gasteiger partial charge in [0.15, 0.2) is 0 Å². The predicted molar refractivity (Wildman–Crippen MR) is 126 cm³/mol. The van der Waals surface area contributed by atoms with Crippen molar-refractivity contribution in [1.29, 1.82) is 0 Å². The van der Waals surface area contributed by atoms with Gasteiger partial charge in [0.05, 0.1) is 22.9 Å². The second kappa shape index (κ2) is 8.77. The summed E-state index contributed by atoms with van der Waals surface area (Å²) in [5, 5.41) is 4.65. The van der Waals surface area contributed by atoms with Gasteiger partial charge in [-0.2, -0.15) is 17.9 Å². The Kier molecular flexibility index (Phi) is 6.17. The Bertz CT molecular complexity index is 1440. The Labute approximate surface area is 196 Å². The van der Waals surface area contributed by atoms with E-state index in [0.29, 0.717) is 22.5 Å². The van der Waals surface area contributed by atoms with E-state index in [1.54, 1.807) is 36.4 Å². The highest BCUT2D eigenvalue weighted by atomic mass is 35.5. The molecular formula is C22H19ClFN3O4S2. The summed E-state index contributed by atoms with van der Waals surface area (Å²) in [6.07, 6.45) is 1.24. The normalized spacial score (nSPS) is 16.5. The maximum Gasteiger partial charge on any atom is 0.279 e. The van der Waals surface area contributed by atoms with Crippen molar-refractivity contribution in [2.45, 2.75) is 17.4 Å². The van der Waals surface area contributed by atoms with E-state index in [4.69, 9.17) is 11.6 Å². The van der Waals surface area contributed by atoms with Crippen LogP contribution in [0.1, 0.15) is 23.6 Å². The lowest BCUT2D eigenvalue weighted by atomic mass is 9.99. The SMILES string of the molecule is CS(=O)(=O)Nc1ccc(C2=NN(S(=O)(=O)c3cccc(Cl)c3)C(c3cccc(F)c3)C2)cc1. The molecule has 172 valence electrons. The third-order valence-electron chi connectivity index (χ3n) is 4.97. The van der Waals surface area contributed by atoms with Gasteiger partial charge in [-0.15, -0.1) is 0 Å². The third kappa shape index (κ3) is 5.18. The van der Waals surface area contributed by atoms with E-state index in [1.807, 2.05) is 0 Å². The first-order valence-electron chi connectivity index (χ1n) is 9.74. The van der Waals surface area contributed by atoms with E-state index in [9.17, 15) is 21.2 Å². The molecule has 3 aromatic rings. The summed E-state index contributed by atoms with van der Waals surface area (Å²) < 4.78 is 67.0. The van der Waals surface area contributed by atoms with Gasteiger partial charge in [-0.1, -0.05) is 41.9 Å². The van der Waals surface area contributed by atoms with Crippen LogP contribution in [0.25, 0.3) is 0 Å². The highest BCUT2D eigenvalue weighted by molar-refractivity contribution is 7.92. The smallest absolute Gasteiger partial charge is 0.279 e. The number of hydrogen-bond donors (Lipinski definition) is 1. The molecule has 0 saturated heterocycles. The molecule has 11 heteroatoms. The summed E-state index contributed by atoms with van der Waals surface area (Å²) in [4.78, 5) is -0.0332. The Morgan fingerprint density at radius 2 is 1.70 bits per heavy atom. The molecule has 1 aliphatic heterocycles. The Hall–Kier alpha value is -2.95. The molecule has 4 rings (SSSR count). The van der Waals surface area contributed by atoms with Crippen molar-refractivity contribution in [2.75, 3.05) is 11.0 Å². The maximum atomic E-state index is 13.9. The van der Waals surface area contributed by atoms with Gasteiger partial charge in [-0.3, -0.25) is 4.72 Å². The van der Waals surface area contributed by atoms with Crippen LogP contribution >= 0.6 is 11.6 Å². The number of rotatable bonds is 6. The largest absolute Gasteiger partial charge is 0.284 e. The number of halogens is 2. The summed E-state index contributed by atoms with van der Waals surface area (Å²) in [5.74, 6) is -0.489. The summed E-state index contributed by atoms with van der Waals surface area (Å²) in [7, 11) is -7.53. The molecule has 1 aliphatic rings. The molecule has 0 saturated carbocycles. The average molecular weight is 508 g/mol. The first-order chi connectivity index (χ1) is 15.5. The van der Waals surface area contributed by atoms with Gasteiger partial charge in [0.2, 0.25) is 10.0 Å². The van der Waals surface area contributed by atoms with E-state index in [2.05, 4.69) is 9.82 Å². The molecule has 1 unspecified atom stereocenters.